The van der Waals surface area contributed by atoms with E-state index in [0.29, 0.717) is 19.6 Å². The molecule has 1 atom stereocenters. The fraction of sp³-hybridized carbons (Fsp3) is 0.400. The van der Waals surface area contributed by atoms with Crippen LogP contribution in [0.4, 0.5) is 0 Å². The van der Waals surface area contributed by atoms with E-state index in [4.69, 9.17) is 16.7 Å². The third-order valence-electron chi connectivity index (χ3n) is 5.47. The van der Waals surface area contributed by atoms with E-state index in [2.05, 4.69) is 41.3 Å². The maximum atomic E-state index is 12.6. The summed E-state index contributed by atoms with van der Waals surface area (Å²) in [6.07, 6.45) is 0.926. The van der Waals surface area contributed by atoms with E-state index in [-0.39, 0.29) is 35.2 Å². The number of halogens is 2. The summed E-state index contributed by atoms with van der Waals surface area (Å²) in [4.78, 5) is 4.96. The number of aliphatic hydroxyl groups excluding tert-OH is 1. The molecular weight excluding hydrogens is 419 g/mol. The molecule has 0 aromatic heterocycles. The van der Waals surface area contributed by atoms with E-state index < -0.39 is 0 Å². The van der Waals surface area contributed by atoms with Crippen LogP contribution in [0.5, 0.6) is 0 Å². The predicted molar refractivity (Wildman–Crippen MR) is 116 cm³/mol. The van der Waals surface area contributed by atoms with Crippen LogP contribution in [0.2, 0.25) is 5.02 Å². The molecule has 5 nitrogen and oxygen atoms in total. The summed E-state index contributed by atoms with van der Waals surface area (Å²) < 4.78 is -0.284. The van der Waals surface area contributed by atoms with Crippen LogP contribution in [0.15, 0.2) is 52.3 Å². The molecule has 0 bridgehead atoms. The molecule has 2 heterocycles. The Hall–Kier alpha value is -0.830. The zero-order chi connectivity index (χ0) is 18.1. The third-order valence-corrected chi connectivity index (χ3v) is 6.92. The average Bonchev–Trinajstić information content (AvgIpc) is 2.79. The second kappa shape index (κ2) is 9.78. The number of nitrogens with zero attached hydrogens (tertiary/aromatic N) is 2. The van der Waals surface area contributed by atoms with Gasteiger partial charge in [0.05, 0.1) is 19.7 Å². The molecule has 28 heavy (non-hydrogen) atoms. The van der Waals surface area contributed by atoms with Crippen LogP contribution in [-0.2, 0) is 6.42 Å². The summed E-state index contributed by atoms with van der Waals surface area (Å²) in [6.45, 7) is 2.79. The van der Waals surface area contributed by atoms with Gasteiger partial charge in [0.2, 0.25) is 0 Å². The Balaban J connectivity index is 0.00000140. The minimum absolute atomic E-state index is 0. The zero-order valence-corrected chi connectivity index (χ0v) is 17.9. The Labute approximate surface area is 181 Å². The molecule has 0 saturated carbocycles. The maximum absolute atomic E-state index is 12.6. The summed E-state index contributed by atoms with van der Waals surface area (Å²) in [6, 6.07) is 14.9. The highest BCUT2D eigenvalue weighted by molar-refractivity contribution is 7.99. The Morgan fingerprint density at radius 1 is 1.14 bits per heavy atom. The number of piperazine rings is 1. The summed E-state index contributed by atoms with van der Waals surface area (Å²) in [5, 5.41) is 22.6. The first-order valence-electron chi connectivity index (χ1n) is 9.05. The molecule has 2 aliphatic rings. The lowest BCUT2D eigenvalue weighted by Gasteiger charge is -2.49. The lowest BCUT2D eigenvalue weighted by atomic mass is 9.96. The Bertz CT molecular complexity index is 801. The van der Waals surface area contributed by atoms with Gasteiger partial charge >= 0.3 is 0 Å². The van der Waals surface area contributed by atoms with Crippen molar-refractivity contribution in [2.24, 2.45) is 0 Å². The molecule has 0 spiro atoms. The molecule has 1 fully saturated rings. The SMILES string of the molecule is Cl.O.[O-][N+]1(CCO)CCN(C2Cc3ccccc3Sc3ccc(Cl)cc32)CC1. The zero-order valence-electron chi connectivity index (χ0n) is 15.5. The second-order valence-electron chi connectivity index (χ2n) is 7.10. The molecule has 0 aliphatic carbocycles. The minimum atomic E-state index is -0.284. The highest BCUT2D eigenvalue weighted by Gasteiger charge is 2.33. The van der Waals surface area contributed by atoms with Gasteiger partial charge in [-0.3, -0.25) is 4.90 Å². The van der Waals surface area contributed by atoms with Gasteiger partial charge in [-0.05, 0) is 41.8 Å². The van der Waals surface area contributed by atoms with Crippen LogP contribution in [0.1, 0.15) is 17.2 Å². The molecule has 0 radical (unpaired) electrons. The number of fused-ring (bicyclic) bond motifs is 2. The lowest BCUT2D eigenvalue weighted by Crippen LogP contribution is -2.57. The van der Waals surface area contributed by atoms with E-state index in [1.807, 2.05) is 6.07 Å². The molecule has 2 aromatic carbocycles. The molecule has 4 rings (SSSR count). The molecule has 2 aliphatic heterocycles. The molecule has 1 saturated heterocycles. The van der Waals surface area contributed by atoms with Crippen molar-refractivity contribution in [2.45, 2.75) is 22.3 Å². The minimum Gasteiger partial charge on any atom is -0.633 e. The van der Waals surface area contributed by atoms with E-state index in [1.54, 1.807) is 11.8 Å². The van der Waals surface area contributed by atoms with Gasteiger partial charge in [-0.1, -0.05) is 41.6 Å². The van der Waals surface area contributed by atoms with Gasteiger partial charge in [0.1, 0.15) is 6.54 Å². The van der Waals surface area contributed by atoms with Crippen molar-refractivity contribution in [3.63, 3.8) is 0 Å². The number of benzene rings is 2. The summed E-state index contributed by atoms with van der Waals surface area (Å²) >= 11 is 8.13. The van der Waals surface area contributed by atoms with Crippen molar-refractivity contribution in [3.05, 3.63) is 63.8 Å². The van der Waals surface area contributed by atoms with E-state index in [9.17, 15) is 5.21 Å². The van der Waals surface area contributed by atoms with Crippen LogP contribution in [-0.4, -0.2) is 59.5 Å². The Kier molecular flexibility index (Phi) is 8.19. The number of quaternary nitrogens is 1. The quantitative estimate of drug-likeness (QED) is 0.581. The number of aliphatic hydroxyl groups is 1. The van der Waals surface area contributed by atoms with Gasteiger partial charge in [0, 0.05) is 33.9 Å². The van der Waals surface area contributed by atoms with Gasteiger partial charge in [-0.2, -0.15) is 0 Å². The number of hydrogen-bond acceptors (Lipinski definition) is 4. The fourth-order valence-electron chi connectivity index (χ4n) is 3.97. The molecule has 2 aromatic rings. The van der Waals surface area contributed by atoms with Crippen LogP contribution in [0, 0.1) is 5.21 Å². The normalized spacial score (nSPS) is 20.8. The number of rotatable bonds is 3. The Morgan fingerprint density at radius 2 is 1.86 bits per heavy atom. The molecule has 154 valence electrons. The van der Waals surface area contributed by atoms with Crippen molar-refractivity contribution in [3.8, 4) is 0 Å². The fourth-order valence-corrected chi connectivity index (χ4v) is 5.27. The summed E-state index contributed by atoms with van der Waals surface area (Å²) in [5.74, 6) is 0. The third kappa shape index (κ3) is 4.83. The lowest BCUT2D eigenvalue weighted by molar-refractivity contribution is -0.885. The number of hydroxylamine groups is 3. The average molecular weight is 445 g/mol. The predicted octanol–water partition coefficient (Wildman–Crippen LogP) is 3.31. The van der Waals surface area contributed by atoms with Crippen molar-refractivity contribution >= 4 is 35.8 Å². The Morgan fingerprint density at radius 3 is 2.57 bits per heavy atom. The molecule has 0 amide bonds. The van der Waals surface area contributed by atoms with E-state index in [0.717, 1.165) is 24.5 Å². The highest BCUT2D eigenvalue weighted by Crippen LogP contribution is 2.43. The first-order valence-corrected chi connectivity index (χ1v) is 10.2. The summed E-state index contributed by atoms with van der Waals surface area (Å²) in [7, 11) is 0. The van der Waals surface area contributed by atoms with Gasteiger partial charge in [0.25, 0.3) is 0 Å². The van der Waals surface area contributed by atoms with Crippen molar-refractivity contribution in [1.29, 1.82) is 0 Å². The largest absolute Gasteiger partial charge is 0.633 e. The van der Waals surface area contributed by atoms with Crippen LogP contribution in [0.25, 0.3) is 0 Å². The highest BCUT2D eigenvalue weighted by atomic mass is 35.5. The van der Waals surface area contributed by atoms with Crippen LogP contribution >= 0.6 is 35.8 Å². The van der Waals surface area contributed by atoms with E-state index >= 15 is 0 Å². The monoisotopic (exact) mass is 444 g/mol. The van der Waals surface area contributed by atoms with Crippen LogP contribution < -0.4 is 0 Å². The molecule has 8 heteroatoms. The molecule has 3 N–H and O–H groups in total. The van der Waals surface area contributed by atoms with Crippen molar-refractivity contribution in [1.82, 2.24) is 4.90 Å². The standard InChI is InChI=1S/C20H23ClN2O2S.ClH.H2O/c21-16-5-6-20-17(14-16)18(13-15-3-1-2-4-19(15)26-20)22-7-9-23(25,10-8-22)11-12-24;;/h1-6,14,18,24H,7-13H2;1H;1H2. The first kappa shape index (κ1) is 23.4. The van der Waals surface area contributed by atoms with Crippen molar-refractivity contribution < 1.29 is 15.2 Å². The summed E-state index contributed by atoms with van der Waals surface area (Å²) in [5.41, 5.74) is 2.60. The topological polar surface area (TPSA) is 78.0 Å². The first-order chi connectivity index (χ1) is 12.6. The van der Waals surface area contributed by atoms with Gasteiger partial charge in [-0.25, -0.2) is 0 Å². The second-order valence-corrected chi connectivity index (χ2v) is 8.62. The van der Waals surface area contributed by atoms with Gasteiger partial charge in [0.15, 0.2) is 0 Å². The number of hydrogen-bond donors (Lipinski definition) is 1. The van der Waals surface area contributed by atoms with Gasteiger partial charge in [-0.15, -0.1) is 12.4 Å². The smallest absolute Gasteiger partial charge is 0.102 e. The molecular formula is C20H26Cl2N2O3S. The van der Waals surface area contributed by atoms with Gasteiger partial charge < -0.3 is 20.4 Å². The van der Waals surface area contributed by atoms with E-state index in [1.165, 1.54) is 20.9 Å². The molecule has 1 unspecified atom stereocenters. The maximum Gasteiger partial charge on any atom is 0.102 e. The van der Waals surface area contributed by atoms with Crippen molar-refractivity contribution in [2.75, 3.05) is 39.3 Å². The van der Waals surface area contributed by atoms with Crippen LogP contribution in [0.3, 0.4) is 0 Å².